The Morgan fingerprint density at radius 2 is 1.44 bits per heavy atom. The van der Waals surface area contributed by atoms with E-state index in [9.17, 15) is 39.5 Å². The van der Waals surface area contributed by atoms with Gasteiger partial charge in [-0.15, -0.1) is 10.2 Å². The number of azo groups is 1. The highest BCUT2D eigenvalue weighted by Gasteiger charge is 2.21. The molecular weight excluding hydrogens is 484 g/mol. The van der Waals surface area contributed by atoms with Crippen LogP contribution >= 0.6 is 0 Å². The lowest BCUT2D eigenvalue weighted by atomic mass is 10.1. The second-order valence-corrected chi connectivity index (χ2v) is 11.6. The topological polar surface area (TPSA) is 188 Å². The molecule has 11 nitrogen and oxygen atoms in total. The molecule has 0 saturated carbocycles. The van der Waals surface area contributed by atoms with Crippen LogP contribution in [-0.2, 0) is 30.1 Å². The van der Waals surface area contributed by atoms with E-state index in [2.05, 4.69) is 10.2 Å². The number of hydrogen-bond donors (Lipinski definition) is 3. The SMILES string of the molecule is CCS(=O)(=O)c1ccc(N=Nc2c(O)ccc3cc(S(=O)(=O)O)ccc23)c(S(=O)(=O)O)c1. The van der Waals surface area contributed by atoms with Gasteiger partial charge < -0.3 is 5.11 Å². The minimum Gasteiger partial charge on any atom is -0.506 e. The number of phenolic OH excluding ortho intramolecular Hbond substituents is 1. The van der Waals surface area contributed by atoms with E-state index in [-0.39, 0.29) is 37.8 Å². The lowest BCUT2D eigenvalue weighted by molar-refractivity contribution is 0.477. The Bertz CT molecular complexity index is 1580. The summed E-state index contributed by atoms with van der Waals surface area (Å²) in [6.07, 6.45) is 0. The van der Waals surface area contributed by atoms with Crippen molar-refractivity contribution in [1.82, 2.24) is 0 Å². The fraction of sp³-hybridized carbons (Fsp3) is 0.111. The quantitative estimate of drug-likeness (QED) is 0.337. The van der Waals surface area contributed by atoms with Crippen molar-refractivity contribution in [2.75, 3.05) is 5.75 Å². The highest BCUT2D eigenvalue weighted by atomic mass is 32.2. The van der Waals surface area contributed by atoms with Crippen LogP contribution in [0.4, 0.5) is 11.4 Å². The standard InChI is InChI=1S/C18H16N2O9S3/c1-2-30(22,23)12-5-7-15(17(10-12)32(27,28)29)19-20-18-14-6-4-13(31(24,25)26)9-11(14)3-8-16(18)21/h3-10,21H,2H2,1H3,(H,24,25,26)(H,27,28,29). The minimum absolute atomic E-state index is 0.157. The van der Waals surface area contributed by atoms with Crippen LogP contribution in [0.5, 0.6) is 5.75 Å². The van der Waals surface area contributed by atoms with Crippen LogP contribution in [0.1, 0.15) is 6.92 Å². The van der Waals surface area contributed by atoms with Gasteiger partial charge >= 0.3 is 0 Å². The molecule has 3 aromatic carbocycles. The molecule has 0 heterocycles. The normalized spacial score (nSPS) is 13.1. The third-order valence-corrected chi connectivity index (χ3v) is 7.91. The average molecular weight is 501 g/mol. The van der Waals surface area contributed by atoms with Crippen molar-refractivity contribution < 1.29 is 39.5 Å². The van der Waals surface area contributed by atoms with Gasteiger partial charge in [0, 0.05) is 5.39 Å². The van der Waals surface area contributed by atoms with Crippen molar-refractivity contribution in [3.8, 4) is 5.75 Å². The molecule has 0 saturated heterocycles. The zero-order valence-electron chi connectivity index (χ0n) is 16.2. The van der Waals surface area contributed by atoms with Gasteiger partial charge in [0.25, 0.3) is 20.2 Å². The van der Waals surface area contributed by atoms with Crippen molar-refractivity contribution in [3.63, 3.8) is 0 Å². The third-order valence-electron chi connectivity index (χ3n) is 4.45. The number of nitrogens with zero attached hydrogens (tertiary/aromatic N) is 2. The summed E-state index contributed by atoms with van der Waals surface area (Å²) in [6.45, 7) is 1.37. The van der Waals surface area contributed by atoms with Gasteiger partial charge in [0.05, 0.1) is 15.5 Å². The Balaban J connectivity index is 2.18. The van der Waals surface area contributed by atoms with Crippen molar-refractivity contribution in [3.05, 3.63) is 48.5 Å². The van der Waals surface area contributed by atoms with Crippen LogP contribution < -0.4 is 0 Å². The van der Waals surface area contributed by atoms with Gasteiger partial charge in [0.2, 0.25) is 0 Å². The highest BCUT2D eigenvalue weighted by molar-refractivity contribution is 7.91. The van der Waals surface area contributed by atoms with E-state index in [1.54, 1.807) is 0 Å². The molecular formula is C18H16N2O9S3. The van der Waals surface area contributed by atoms with Crippen LogP contribution in [0, 0.1) is 0 Å². The van der Waals surface area contributed by atoms with Gasteiger partial charge in [-0.3, -0.25) is 9.11 Å². The van der Waals surface area contributed by atoms with Gasteiger partial charge in [-0.1, -0.05) is 19.1 Å². The lowest BCUT2D eigenvalue weighted by Crippen LogP contribution is -2.06. The number of aromatic hydroxyl groups is 1. The molecule has 32 heavy (non-hydrogen) atoms. The maximum atomic E-state index is 12.0. The first-order chi connectivity index (χ1) is 14.7. The molecule has 170 valence electrons. The zero-order chi connectivity index (χ0) is 23.9. The second kappa shape index (κ2) is 8.22. The molecule has 0 radical (unpaired) electrons. The summed E-state index contributed by atoms with van der Waals surface area (Å²) >= 11 is 0. The summed E-state index contributed by atoms with van der Waals surface area (Å²) < 4.78 is 89.0. The van der Waals surface area contributed by atoms with Crippen LogP contribution in [0.15, 0.2) is 73.4 Å². The molecule has 0 unspecified atom stereocenters. The molecule has 0 atom stereocenters. The van der Waals surface area contributed by atoms with Crippen LogP contribution in [0.2, 0.25) is 0 Å². The van der Waals surface area contributed by atoms with E-state index in [0.29, 0.717) is 0 Å². The van der Waals surface area contributed by atoms with E-state index in [4.69, 9.17) is 0 Å². The molecule has 0 bridgehead atoms. The summed E-state index contributed by atoms with van der Waals surface area (Å²) in [6, 6.07) is 8.91. The predicted molar refractivity (Wildman–Crippen MR) is 114 cm³/mol. The average Bonchev–Trinajstić information content (AvgIpc) is 2.71. The van der Waals surface area contributed by atoms with Gasteiger partial charge in [0.15, 0.2) is 9.84 Å². The zero-order valence-corrected chi connectivity index (χ0v) is 18.7. The summed E-state index contributed by atoms with van der Waals surface area (Å²) in [7, 11) is -13.1. The highest BCUT2D eigenvalue weighted by Crippen LogP contribution is 2.38. The Morgan fingerprint density at radius 3 is 2.03 bits per heavy atom. The monoisotopic (exact) mass is 500 g/mol. The summed E-state index contributed by atoms with van der Waals surface area (Å²) in [4.78, 5) is -1.53. The molecule has 0 aliphatic carbocycles. The molecule has 0 amide bonds. The number of rotatable bonds is 6. The van der Waals surface area contributed by atoms with E-state index in [0.717, 1.165) is 30.3 Å². The van der Waals surface area contributed by atoms with E-state index >= 15 is 0 Å². The molecule has 0 spiro atoms. The number of fused-ring (bicyclic) bond motifs is 1. The summed E-state index contributed by atoms with van der Waals surface area (Å²) in [5.41, 5.74) is -0.551. The lowest BCUT2D eigenvalue weighted by Gasteiger charge is -2.07. The molecule has 0 aliphatic heterocycles. The maximum Gasteiger partial charge on any atom is 0.296 e. The largest absolute Gasteiger partial charge is 0.506 e. The molecule has 3 rings (SSSR count). The first-order valence-electron chi connectivity index (χ1n) is 8.73. The number of benzene rings is 3. The van der Waals surface area contributed by atoms with E-state index in [1.165, 1.54) is 25.1 Å². The first-order valence-corrected chi connectivity index (χ1v) is 13.3. The number of sulfone groups is 1. The van der Waals surface area contributed by atoms with Crippen molar-refractivity contribution in [1.29, 1.82) is 0 Å². The smallest absolute Gasteiger partial charge is 0.296 e. The maximum absolute atomic E-state index is 12.0. The van der Waals surface area contributed by atoms with Crippen molar-refractivity contribution in [2.24, 2.45) is 10.2 Å². The summed E-state index contributed by atoms with van der Waals surface area (Å²) in [5.74, 6) is -0.673. The fourth-order valence-corrected chi connectivity index (χ4v) is 4.94. The second-order valence-electron chi connectivity index (χ2n) is 6.50. The van der Waals surface area contributed by atoms with Crippen LogP contribution in [0.3, 0.4) is 0 Å². The molecule has 14 heteroatoms. The van der Waals surface area contributed by atoms with Crippen LogP contribution in [-0.4, -0.2) is 45.2 Å². The Kier molecular flexibility index (Phi) is 6.10. The Morgan fingerprint density at radius 1 is 0.781 bits per heavy atom. The van der Waals surface area contributed by atoms with Gasteiger partial charge in [-0.25, -0.2) is 8.42 Å². The van der Waals surface area contributed by atoms with Gasteiger partial charge in [-0.2, -0.15) is 16.8 Å². The Labute approximate surface area is 183 Å². The molecule has 0 aliphatic rings. The predicted octanol–water partition coefficient (Wildman–Crippen LogP) is 3.25. The van der Waals surface area contributed by atoms with E-state index < -0.39 is 40.7 Å². The Hall–Kier alpha value is -2.91. The number of phenols is 1. The minimum atomic E-state index is -4.88. The molecule has 3 aromatic rings. The first kappa shape index (κ1) is 23.7. The van der Waals surface area contributed by atoms with Crippen molar-refractivity contribution >= 4 is 52.2 Å². The fourth-order valence-electron chi connectivity index (χ4n) is 2.79. The van der Waals surface area contributed by atoms with E-state index in [1.807, 2.05) is 0 Å². The molecule has 0 fully saturated rings. The van der Waals surface area contributed by atoms with Crippen LogP contribution in [0.25, 0.3) is 10.8 Å². The van der Waals surface area contributed by atoms with Gasteiger partial charge in [-0.05, 0) is 41.8 Å². The molecule has 3 N–H and O–H groups in total. The third kappa shape index (κ3) is 4.78. The molecule has 0 aromatic heterocycles. The number of hydrogen-bond acceptors (Lipinski definition) is 9. The summed E-state index contributed by atoms with van der Waals surface area (Å²) in [5, 5.41) is 18.2. The van der Waals surface area contributed by atoms with Gasteiger partial charge in [0.1, 0.15) is 22.0 Å². The van der Waals surface area contributed by atoms with Crippen molar-refractivity contribution in [2.45, 2.75) is 21.6 Å².